The molecule has 18 heavy (non-hydrogen) atoms. The highest BCUT2D eigenvalue weighted by Gasteiger charge is 2.40. The van der Waals surface area contributed by atoms with E-state index in [2.05, 4.69) is 12.2 Å². The summed E-state index contributed by atoms with van der Waals surface area (Å²) >= 11 is 0. The Kier molecular flexibility index (Phi) is 4.28. The van der Waals surface area contributed by atoms with Gasteiger partial charge in [0.15, 0.2) is 0 Å². The van der Waals surface area contributed by atoms with Gasteiger partial charge < -0.3 is 15.8 Å². The molecule has 0 bridgehead atoms. The van der Waals surface area contributed by atoms with Gasteiger partial charge in [-0.2, -0.15) is 0 Å². The Bertz CT molecular complexity index is 308. The summed E-state index contributed by atoms with van der Waals surface area (Å²) < 4.78 is 5.57. The quantitative estimate of drug-likeness (QED) is 0.801. The van der Waals surface area contributed by atoms with Gasteiger partial charge >= 0.3 is 0 Å². The second-order valence-corrected chi connectivity index (χ2v) is 6.06. The van der Waals surface area contributed by atoms with Crippen molar-refractivity contribution in [2.45, 2.75) is 57.6 Å². The van der Waals surface area contributed by atoms with Gasteiger partial charge in [-0.05, 0) is 45.6 Å². The van der Waals surface area contributed by atoms with Gasteiger partial charge in [-0.25, -0.2) is 0 Å². The van der Waals surface area contributed by atoms with Gasteiger partial charge in [0.05, 0.1) is 11.6 Å². The minimum absolute atomic E-state index is 0.0985. The van der Waals surface area contributed by atoms with Crippen LogP contribution in [-0.2, 0) is 9.53 Å². The monoisotopic (exact) mass is 254 g/mol. The minimum Gasteiger partial charge on any atom is -0.376 e. The fraction of sp³-hybridized carbons (Fsp3) is 0.929. The highest BCUT2D eigenvalue weighted by atomic mass is 16.5. The molecule has 1 heterocycles. The molecule has 0 radical (unpaired) electrons. The maximum Gasteiger partial charge on any atom is 0.223 e. The number of rotatable bonds is 3. The fourth-order valence-corrected chi connectivity index (χ4v) is 3.21. The number of ether oxygens (including phenoxy) is 1. The van der Waals surface area contributed by atoms with Crippen LogP contribution in [0, 0.1) is 11.8 Å². The molecule has 104 valence electrons. The second kappa shape index (κ2) is 5.57. The van der Waals surface area contributed by atoms with Gasteiger partial charge in [0.25, 0.3) is 0 Å². The molecular formula is C14H26N2O2. The van der Waals surface area contributed by atoms with E-state index in [0.717, 1.165) is 32.3 Å². The highest BCUT2D eigenvalue weighted by Crippen LogP contribution is 2.31. The molecule has 4 unspecified atom stereocenters. The summed E-state index contributed by atoms with van der Waals surface area (Å²) in [6.07, 6.45) is 5.44. The lowest BCUT2D eigenvalue weighted by Crippen LogP contribution is -2.54. The molecule has 2 aliphatic rings. The van der Waals surface area contributed by atoms with Crippen LogP contribution in [0.2, 0.25) is 0 Å². The first-order valence-corrected chi connectivity index (χ1v) is 7.20. The van der Waals surface area contributed by atoms with E-state index in [1.54, 1.807) is 0 Å². The van der Waals surface area contributed by atoms with Gasteiger partial charge in [0.1, 0.15) is 0 Å². The summed E-state index contributed by atoms with van der Waals surface area (Å²) in [5.74, 6) is 0.651. The van der Waals surface area contributed by atoms with Crippen LogP contribution in [0.4, 0.5) is 0 Å². The summed E-state index contributed by atoms with van der Waals surface area (Å²) in [5, 5.41) is 3.22. The third-order valence-corrected chi connectivity index (χ3v) is 4.84. The van der Waals surface area contributed by atoms with Gasteiger partial charge in [0, 0.05) is 12.5 Å². The number of amides is 1. The number of hydrogen-bond donors (Lipinski definition) is 2. The molecular weight excluding hydrogens is 228 g/mol. The zero-order valence-electron chi connectivity index (χ0n) is 11.6. The average Bonchev–Trinajstić information content (AvgIpc) is 2.69. The normalized spacial score (nSPS) is 40.7. The standard InChI is InChI=1S/C14H26N2O2/c1-10-14(2,7-8-18-10)16-13(17)12-6-4-3-5-11(12)9-15/h10-12H,3-9,15H2,1-2H3,(H,16,17). The van der Waals surface area contributed by atoms with Crippen molar-refractivity contribution in [2.24, 2.45) is 17.6 Å². The molecule has 4 atom stereocenters. The van der Waals surface area contributed by atoms with Crippen molar-refractivity contribution in [1.82, 2.24) is 5.32 Å². The Labute approximate surface area is 110 Å². The lowest BCUT2D eigenvalue weighted by molar-refractivity contribution is -0.130. The van der Waals surface area contributed by atoms with Gasteiger partial charge in [0.2, 0.25) is 5.91 Å². The molecule has 1 amide bonds. The van der Waals surface area contributed by atoms with E-state index in [-0.39, 0.29) is 23.5 Å². The van der Waals surface area contributed by atoms with E-state index in [1.165, 1.54) is 6.42 Å². The molecule has 1 aliphatic heterocycles. The largest absolute Gasteiger partial charge is 0.376 e. The Morgan fingerprint density at radius 3 is 2.78 bits per heavy atom. The van der Waals surface area contributed by atoms with Crippen molar-refractivity contribution in [3.63, 3.8) is 0 Å². The smallest absolute Gasteiger partial charge is 0.223 e. The number of carbonyl (C=O) groups excluding carboxylic acids is 1. The molecule has 4 nitrogen and oxygen atoms in total. The average molecular weight is 254 g/mol. The molecule has 0 aromatic rings. The van der Waals surface area contributed by atoms with Crippen LogP contribution in [0.25, 0.3) is 0 Å². The van der Waals surface area contributed by atoms with E-state index in [0.29, 0.717) is 12.5 Å². The van der Waals surface area contributed by atoms with Crippen LogP contribution >= 0.6 is 0 Å². The Morgan fingerprint density at radius 1 is 1.44 bits per heavy atom. The first-order valence-electron chi connectivity index (χ1n) is 7.20. The van der Waals surface area contributed by atoms with Crippen molar-refractivity contribution >= 4 is 5.91 Å². The molecule has 2 fully saturated rings. The number of carbonyl (C=O) groups is 1. The molecule has 0 aromatic carbocycles. The first kappa shape index (κ1) is 13.8. The van der Waals surface area contributed by atoms with E-state index in [9.17, 15) is 4.79 Å². The number of nitrogens with two attached hydrogens (primary N) is 1. The SMILES string of the molecule is CC1OCCC1(C)NC(=O)C1CCCCC1CN. The van der Waals surface area contributed by atoms with Crippen molar-refractivity contribution in [3.05, 3.63) is 0 Å². The molecule has 2 rings (SSSR count). The summed E-state index contributed by atoms with van der Waals surface area (Å²) in [6, 6.07) is 0. The molecule has 1 saturated carbocycles. The maximum atomic E-state index is 12.5. The molecule has 4 heteroatoms. The zero-order valence-corrected chi connectivity index (χ0v) is 11.6. The predicted octanol–water partition coefficient (Wildman–Crippen LogP) is 1.44. The molecule has 1 saturated heterocycles. The minimum atomic E-state index is -0.201. The molecule has 0 spiro atoms. The molecule has 0 aromatic heterocycles. The van der Waals surface area contributed by atoms with Gasteiger partial charge in [-0.15, -0.1) is 0 Å². The van der Waals surface area contributed by atoms with Crippen LogP contribution in [0.3, 0.4) is 0 Å². The van der Waals surface area contributed by atoms with Crippen LogP contribution in [0.5, 0.6) is 0 Å². The van der Waals surface area contributed by atoms with Crippen molar-refractivity contribution < 1.29 is 9.53 Å². The summed E-state index contributed by atoms with van der Waals surface area (Å²) in [4.78, 5) is 12.5. The van der Waals surface area contributed by atoms with Gasteiger partial charge in [-0.3, -0.25) is 4.79 Å². The van der Waals surface area contributed by atoms with Crippen LogP contribution in [-0.4, -0.2) is 30.7 Å². The summed E-state index contributed by atoms with van der Waals surface area (Å²) in [5.41, 5.74) is 5.59. The first-order chi connectivity index (χ1) is 8.57. The van der Waals surface area contributed by atoms with Crippen molar-refractivity contribution in [3.8, 4) is 0 Å². The number of nitrogens with one attached hydrogen (secondary N) is 1. The zero-order chi connectivity index (χ0) is 13.2. The lowest BCUT2D eigenvalue weighted by Gasteiger charge is -2.35. The third kappa shape index (κ3) is 2.69. The van der Waals surface area contributed by atoms with Crippen LogP contribution < -0.4 is 11.1 Å². The van der Waals surface area contributed by atoms with E-state index in [1.807, 2.05) is 6.92 Å². The van der Waals surface area contributed by atoms with Crippen molar-refractivity contribution in [2.75, 3.05) is 13.2 Å². The Morgan fingerprint density at radius 2 is 2.17 bits per heavy atom. The molecule has 1 aliphatic carbocycles. The maximum absolute atomic E-state index is 12.5. The van der Waals surface area contributed by atoms with E-state index < -0.39 is 0 Å². The lowest BCUT2D eigenvalue weighted by atomic mass is 9.78. The third-order valence-electron chi connectivity index (χ3n) is 4.84. The van der Waals surface area contributed by atoms with E-state index >= 15 is 0 Å². The predicted molar refractivity (Wildman–Crippen MR) is 71.1 cm³/mol. The second-order valence-electron chi connectivity index (χ2n) is 6.06. The highest BCUT2D eigenvalue weighted by molar-refractivity contribution is 5.80. The van der Waals surface area contributed by atoms with Crippen LogP contribution in [0.15, 0.2) is 0 Å². The molecule has 3 N–H and O–H groups in total. The summed E-state index contributed by atoms with van der Waals surface area (Å²) in [7, 11) is 0. The van der Waals surface area contributed by atoms with Crippen LogP contribution in [0.1, 0.15) is 46.0 Å². The van der Waals surface area contributed by atoms with E-state index in [4.69, 9.17) is 10.5 Å². The van der Waals surface area contributed by atoms with Crippen molar-refractivity contribution in [1.29, 1.82) is 0 Å². The topological polar surface area (TPSA) is 64.3 Å². The summed E-state index contributed by atoms with van der Waals surface area (Å²) in [6.45, 7) is 5.49. The Hall–Kier alpha value is -0.610. The Balaban J connectivity index is 1.98. The fourth-order valence-electron chi connectivity index (χ4n) is 3.21. The van der Waals surface area contributed by atoms with Gasteiger partial charge in [-0.1, -0.05) is 12.8 Å². The number of hydrogen-bond acceptors (Lipinski definition) is 3.